The van der Waals surface area contributed by atoms with E-state index in [2.05, 4.69) is 220 Å². The molecule has 20 heteroatoms. The molecule has 17 nitrogen and oxygen atoms in total. The normalized spacial score (nSPS) is 46.2. The number of ketones is 1. The van der Waals surface area contributed by atoms with Gasteiger partial charge in [-0.25, -0.2) is 0 Å². The van der Waals surface area contributed by atoms with Crippen LogP contribution in [0.15, 0.2) is 155 Å². The third kappa shape index (κ3) is 16.7. The van der Waals surface area contributed by atoms with Gasteiger partial charge in [0.05, 0.1) is 50.6 Å². The second-order valence-electron chi connectivity index (χ2n) is 45.9. The van der Waals surface area contributed by atoms with Crippen molar-refractivity contribution in [3.8, 4) is 31.6 Å². The van der Waals surface area contributed by atoms with Crippen LogP contribution in [0.2, 0.25) is 0 Å². The number of ether oxygens (including phenoxy) is 10. The summed E-state index contributed by atoms with van der Waals surface area (Å²) >= 11 is 3.95. The number of aliphatic hydroxyl groups is 2. The third-order valence-electron chi connectivity index (χ3n) is 40.4. The fourth-order valence-electron chi connectivity index (χ4n) is 33.3. The zero-order valence-electron chi connectivity index (χ0n) is 82.5. The van der Waals surface area contributed by atoms with E-state index in [-0.39, 0.29) is 159 Å². The summed E-state index contributed by atoms with van der Waals surface area (Å²) in [5.74, 6) is 9.41. The van der Waals surface area contributed by atoms with Gasteiger partial charge in [0.2, 0.25) is 0 Å². The van der Waals surface area contributed by atoms with Crippen molar-refractivity contribution < 1.29 is 98.5 Å². The van der Waals surface area contributed by atoms with Crippen LogP contribution in [0.3, 0.4) is 0 Å². The molecule has 0 bridgehead atoms. The Hall–Kier alpha value is -5.74. The molecule has 0 radical (unpaired) electrons. The molecule has 2 N–H and O–H groups in total. The van der Waals surface area contributed by atoms with Gasteiger partial charge in [-0.2, -0.15) is 0 Å². The first-order valence-electron chi connectivity index (χ1n) is 50.5. The van der Waals surface area contributed by atoms with E-state index >= 15 is 0 Å². The molecule has 3 saturated heterocycles. The van der Waals surface area contributed by atoms with Crippen molar-refractivity contribution in [2.24, 2.45) is 143 Å². The first-order valence-corrected chi connectivity index (χ1v) is 51.4. The molecule has 3 aliphatic heterocycles. The van der Waals surface area contributed by atoms with Gasteiger partial charge in [0.15, 0.2) is 23.1 Å². The summed E-state index contributed by atoms with van der Waals surface area (Å²) in [6, 6.07) is 0. The summed E-state index contributed by atoms with van der Waals surface area (Å²) in [5.41, 5.74) is 6.23. The molecule has 7 saturated carbocycles. The third-order valence-corrected chi connectivity index (χ3v) is 41.3. The van der Waals surface area contributed by atoms with Crippen LogP contribution >= 0.6 is 15.9 Å². The number of carbonyl (C=O) groups excluding carboxylic acids is 5. The number of terminal acetylenes is 3. The van der Waals surface area contributed by atoms with Crippen LogP contribution in [0.5, 0.6) is 0 Å². The summed E-state index contributed by atoms with van der Waals surface area (Å²) in [6.45, 7) is 33.7. The molecule has 726 valence electrons. The zero-order chi connectivity index (χ0) is 95.0. The summed E-state index contributed by atoms with van der Waals surface area (Å²) in [4.78, 5) is 57.9. The minimum absolute atomic E-state index is 0. The van der Waals surface area contributed by atoms with Crippen molar-refractivity contribution in [1.29, 1.82) is 0 Å². The van der Waals surface area contributed by atoms with Gasteiger partial charge in [-0.1, -0.05) is 204 Å². The summed E-state index contributed by atoms with van der Waals surface area (Å²) in [6.07, 6.45) is 92.7. The van der Waals surface area contributed by atoms with Crippen molar-refractivity contribution in [3.05, 3.63) is 162 Å². The van der Waals surface area contributed by atoms with Crippen molar-refractivity contribution in [1.82, 2.24) is 0 Å². The first-order chi connectivity index (χ1) is 63.2. The number of allylic oxidation sites excluding steroid dienone is 14. The van der Waals surface area contributed by atoms with Crippen LogP contribution in [0.4, 0.5) is 0 Å². The van der Waals surface area contributed by atoms with E-state index in [1.165, 1.54) is 87.7 Å². The fourth-order valence-corrected chi connectivity index (χ4v) is 34.5. The number of aliphatic hydroxyl groups excluding tert-OH is 1. The largest absolute Gasteiger partial charge is 2.00 e. The molecule has 23 aliphatic rings. The topological polar surface area (TPSA) is 218 Å². The Labute approximate surface area is 839 Å². The van der Waals surface area contributed by atoms with Gasteiger partial charge < -0.3 is 87.4 Å². The van der Waals surface area contributed by atoms with E-state index in [0.29, 0.717) is 121 Å². The van der Waals surface area contributed by atoms with Crippen molar-refractivity contribution >= 4 is 68.6 Å². The number of hydrogen-bond donors (Lipinski definition) is 2. The second-order valence-corrected chi connectivity index (χ2v) is 47.0. The average molecular weight is 1990 g/mol. The van der Waals surface area contributed by atoms with Gasteiger partial charge in [0.25, 0.3) is 0 Å². The average Bonchev–Trinajstić information content (AvgIpc) is 1.54. The number of fused-ring (bicyclic) bond motifs is 28. The van der Waals surface area contributed by atoms with Crippen LogP contribution in [0, 0.1) is 181 Å². The molecular weight excluding hydrogens is 1840 g/mol. The molecule has 23 rings (SSSR count). The molecule has 0 aromatic carbocycles. The standard InChI is InChI=1S/C23H31BrO4.C23H32O4.C23H28O3.C21H28O3.C21H26O3.C2H2.C2H.BrH.Mg/c1-14(25)28-16-6-8-21(2)15(12-16)4-5-17-18(21)7-9-22(3)19(17)13-20(24)23(22)26-10-11-27-23;1-15(24)27-17-6-9-21(2)16(14-17)4-5-18-19(21)7-10-22(3)20(18)8-11-23(22)25-12-13-26-23;1-5-23(25)13-10-20-18-7-6-16-14-17(26-15(2)24)8-11-21(16,3)19(18)9-12-22(20,23)4;1-19-8-5-15(22)13-14(19)3-4-16-17(19)6-9-20(2)18(16)7-10-21(20)23-11-12-24-21;1-13(22)24-15-8-10-20(2)14(12-15)4-5-16-17-6-7-19(23)21(17,3)11-9-18(16)20;2*1-2;;/h4,6,8,16-20H,5,7,9-13H2,1-3H3;4,6,9,17-20H,5,7-8,10-14H2,1-3H3;1,6,8,10-11,13,17-20,25H,7,9,12,14H2,2-4H3;3,5,7-8,10,15-18,22H,4,6,9,11-13H2,1-2H3;4,6-8,10,15-18H,5,9,11-12H2,1-3H3;1-2H;1H;1H;/q;;;;;;-1;;+2/p-1/t16?,17?,18?,19?,20?,21-,22-;17?,18?,19?,20?,21-,22-;17?,18?,19?,20?,21-,22-,23-;15?,16?,17?,18?,19-,20-;15?,16?,17?,18?,20-,21-;;;;/m00000..../s1. The zero-order valence-corrected chi connectivity index (χ0v) is 87.1. The number of hydrogen-bond acceptors (Lipinski definition) is 17. The van der Waals surface area contributed by atoms with E-state index in [1.54, 1.807) is 0 Å². The van der Waals surface area contributed by atoms with E-state index in [1.807, 2.05) is 18.2 Å². The van der Waals surface area contributed by atoms with Crippen LogP contribution in [0.25, 0.3) is 0 Å². The molecule has 32 atom stereocenters. The number of carbonyl (C=O) groups is 5. The minimum atomic E-state index is -1.13. The van der Waals surface area contributed by atoms with Gasteiger partial charge in [-0.05, 0) is 247 Å². The second kappa shape index (κ2) is 38.5. The van der Waals surface area contributed by atoms with Crippen molar-refractivity contribution in [3.63, 3.8) is 0 Å². The van der Waals surface area contributed by atoms with Crippen LogP contribution in [0.1, 0.15) is 245 Å². The molecule has 20 aliphatic carbocycles. The van der Waals surface area contributed by atoms with E-state index in [4.69, 9.17) is 60.2 Å². The number of halogens is 2. The Balaban J connectivity index is 0.000000127. The molecule has 3 spiro atoms. The summed E-state index contributed by atoms with van der Waals surface area (Å²) in [5, 5.41) is 21.0. The Morgan fingerprint density at radius 1 is 0.415 bits per heavy atom. The SMILES string of the molecule is C#C.C#C[C@]1(O)C=CC2C3CC=C4CC(OC(C)=O)C=C[C@]4(C)C3CC[C@@]21C.CC(=O)OC1C=C[C@@]2(C)C(=CCC3C2CC[C@@]2(C)C3CC(Br)C23OCCO3)C1.CC(=O)OC1C=C[C@@]2(C)C(=CCC3C2CC[C@@]2(C)C3CCC23OCCO3)C1.CC(=O)OC1C=C[C@@]2(C)C(=CCC3C2CC[C@]2(C)C(=O)C=CC32)C1.C[C@]12C=CC(O)CC1=CCC1C2CC[C@@]2(C)C1C=CC21OCCO1.[Br-].[C-]#C.[Mg+2]. The predicted molar refractivity (Wildman–Crippen MR) is 521 cm³/mol. The van der Waals surface area contributed by atoms with Gasteiger partial charge >= 0.3 is 46.9 Å². The molecule has 3 heterocycles. The van der Waals surface area contributed by atoms with Gasteiger partial charge in [0.1, 0.15) is 30.0 Å². The van der Waals surface area contributed by atoms with E-state index in [9.17, 15) is 34.2 Å². The Morgan fingerprint density at radius 3 is 1.19 bits per heavy atom. The molecule has 0 aromatic heterocycles. The maximum atomic E-state index is 12.3. The molecule has 10 fully saturated rings. The predicted octanol–water partition coefficient (Wildman–Crippen LogP) is 17.7. The summed E-state index contributed by atoms with van der Waals surface area (Å²) < 4.78 is 59.1. The number of esters is 4. The minimum Gasteiger partial charge on any atom is -1.00 e. The monoisotopic (exact) mass is 1980 g/mol. The molecular formula is C115H148Br2MgO17. The van der Waals surface area contributed by atoms with Crippen molar-refractivity contribution in [2.75, 3.05) is 39.6 Å². The number of rotatable bonds is 4. The quantitative estimate of drug-likeness (QED) is 0.0508. The van der Waals surface area contributed by atoms with E-state index < -0.39 is 17.2 Å². The molecule has 0 amide bonds. The number of alkyl halides is 1. The molecule has 21 unspecified atom stereocenters. The Kier molecular flexibility index (Phi) is 29.5. The molecule has 0 aromatic rings. The first kappa shape index (κ1) is 104. The van der Waals surface area contributed by atoms with Gasteiger partial charge in [-0.15, -0.1) is 19.3 Å². The van der Waals surface area contributed by atoms with Crippen LogP contribution < -0.4 is 17.0 Å². The van der Waals surface area contributed by atoms with Crippen molar-refractivity contribution in [2.45, 2.75) is 303 Å². The maximum absolute atomic E-state index is 12.3. The Bertz CT molecular complexity index is 5060. The van der Waals surface area contributed by atoms with Gasteiger partial charge in [0, 0.05) is 114 Å². The van der Waals surface area contributed by atoms with Crippen LogP contribution in [-0.4, -0.2) is 161 Å². The summed E-state index contributed by atoms with van der Waals surface area (Å²) in [7, 11) is 0. The Morgan fingerprint density at radius 2 is 0.756 bits per heavy atom. The molecule has 135 heavy (non-hydrogen) atoms. The smallest absolute Gasteiger partial charge is 1.00 e. The van der Waals surface area contributed by atoms with Gasteiger partial charge in [-0.3, -0.25) is 24.0 Å². The van der Waals surface area contributed by atoms with E-state index in [0.717, 1.165) is 129 Å². The maximum Gasteiger partial charge on any atom is 2.00 e. The fraction of sp³-hybridized carbons (Fsp3) is 0.678. The van der Waals surface area contributed by atoms with Crippen LogP contribution in [-0.2, 0) is 71.3 Å².